The van der Waals surface area contributed by atoms with Crippen LogP contribution in [0.4, 0.5) is 5.82 Å². The van der Waals surface area contributed by atoms with Crippen LogP contribution in [0, 0.1) is 12.8 Å². The first-order valence-corrected chi connectivity index (χ1v) is 7.84. The SMILES string of the molecule is Cc1nc2c(c(N3CC(Cn4ncccc4=O)C3)n1)CCC2. The maximum Gasteiger partial charge on any atom is 0.266 e. The monoisotopic (exact) mass is 297 g/mol. The van der Waals surface area contributed by atoms with Crippen LogP contribution < -0.4 is 10.5 Å². The molecule has 1 aliphatic carbocycles. The fourth-order valence-corrected chi connectivity index (χ4v) is 3.42. The van der Waals surface area contributed by atoms with Crippen molar-refractivity contribution in [2.75, 3.05) is 18.0 Å². The first-order valence-electron chi connectivity index (χ1n) is 7.84. The van der Waals surface area contributed by atoms with Crippen molar-refractivity contribution in [1.29, 1.82) is 0 Å². The Morgan fingerprint density at radius 1 is 1.27 bits per heavy atom. The maximum atomic E-state index is 11.7. The summed E-state index contributed by atoms with van der Waals surface area (Å²) in [5, 5.41) is 4.13. The molecule has 0 radical (unpaired) electrons. The van der Waals surface area contributed by atoms with Gasteiger partial charge in [-0.25, -0.2) is 14.6 Å². The van der Waals surface area contributed by atoms with E-state index in [1.54, 1.807) is 23.0 Å². The zero-order valence-electron chi connectivity index (χ0n) is 12.7. The number of aryl methyl sites for hydroxylation is 2. The van der Waals surface area contributed by atoms with E-state index in [0.717, 1.165) is 37.6 Å². The molecule has 6 nitrogen and oxygen atoms in total. The van der Waals surface area contributed by atoms with Crippen LogP contribution in [0.3, 0.4) is 0 Å². The Labute approximate surface area is 128 Å². The van der Waals surface area contributed by atoms with E-state index in [2.05, 4.69) is 20.0 Å². The van der Waals surface area contributed by atoms with Gasteiger partial charge in [0, 0.05) is 42.5 Å². The van der Waals surface area contributed by atoms with Gasteiger partial charge in [0.2, 0.25) is 0 Å². The van der Waals surface area contributed by atoms with Crippen LogP contribution in [0.15, 0.2) is 23.1 Å². The molecule has 0 atom stereocenters. The van der Waals surface area contributed by atoms with Gasteiger partial charge in [-0.3, -0.25) is 4.79 Å². The molecule has 114 valence electrons. The van der Waals surface area contributed by atoms with Crippen LogP contribution in [0.1, 0.15) is 23.5 Å². The Bertz CT molecular complexity index is 763. The van der Waals surface area contributed by atoms with Crippen LogP contribution >= 0.6 is 0 Å². The fourth-order valence-electron chi connectivity index (χ4n) is 3.42. The van der Waals surface area contributed by atoms with Gasteiger partial charge in [0.1, 0.15) is 11.6 Å². The number of hydrogen-bond acceptors (Lipinski definition) is 5. The Morgan fingerprint density at radius 3 is 2.95 bits per heavy atom. The quantitative estimate of drug-likeness (QED) is 0.844. The van der Waals surface area contributed by atoms with E-state index in [9.17, 15) is 4.79 Å². The third kappa shape index (κ3) is 2.28. The van der Waals surface area contributed by atoms with E-state index >= 15 is 0 Å². The highest BCUT2D eigenvalue weighted by Crippen LogP contribution is 2.32. The molecule has 0 saturated carbocycles. The number of nitrogens with zero attached hydrogens (tertiary/aromatic N) is 5. The summed E-state index contributed by atoms with van der Waals surface area (Å²) in [5.41, 5.74) is 2.53. The zero-order chi connectivity index (χ0) is 15.1. The average molecular weight is 297 g/mol. The summed E-state index contributed by atoms with van der Waals surface area (Å²) < 4.78 is 1.55. The molecule has 2 aliphatic rings. The summed E-state index contributed by atoms with van der Waals surface area (Å²) in [4.78, 5) is 23.2. The van der Waals surface area contributed by atoms with Crippen molar-refractivity contribution in [3.63, 3.8) is 0 Å². The molecule has 0 unspecified atom stereocenters. The Morgan fingerprint density at radius 2 is 2.14 bits per heavy atom. The molecule has 2 aromatic heterocycles. The molecule has 3 heterocycles. The van der Waals surface area contributed by atoms with Gasteiger partial charge < -0.3 is 4.90 Å². The molecule has 4 rings (SSSR count). The van der Waals surface area contributed by atoms with Gasteiger partial charge in [0.15, 0.2) is 0 Å². The van der Waals surface area contributed by atoms with Crippen LogP contribution in [0.25, 0.3) is 0 Å². The number of aromatic nitrogens is 4. The van der Waals surface area contributed by atoms with Crippen molar-refractivity contribution >= 4 is 5.82 Å². The van der Waals surface area contributed by atoms with E-state index in [0.29, 0.717) is 12.5 Å². The third-order valence-corrected chi connectivity index (χ3v) is 4.50. The van der Waals surface area contributed by atoms with Gasteiger partial charge in [-0.1, -0.05) is 0 Å². The maximum absolute atomic E-state index is 11.7. The van der Waals surface area contributed by atoms with Gasteiger partial charge in [-0.2, -0.15) is 5.10 Å². The van der Waals surface area contributed by atoms with Gasteiger partial charge in [0.05, 0.1) is 6.54 Å². The van der Waals surface area contributed by atoms with Gasteiger partial charge in [0.25, 0.3) is 5.56 Å². The predicted molar refractivity (Wildman–Crippen MR) is 83.0 cm³/mol. The van der Waals surface area contributed by atoms with E-state index in [1.807, 2.05) is 6.92 Å². The Kier molecular flexibility index (Phi) is 3.17. The van der Waals surface area contributed by atoms with Crippen LogP contribution in [0.2, 0.25) is 0 Å². The molecule has 1 fully saturated rings. The van der Waals surface area contributed by atoms with Crippen LogP contribution in [-0.2, 0) is 19.4 Å². The lowest BCUT2D eigenvalue weighted by Crippen LogP contribution is -2.50. The van der Waals surface area contributed by atoms with Crippen molar-refractivity contribution < 1.29 is 0 Å². The number of anilines is 1. The van der Waals surface area contributed by atoms with Crippen molar-refractivity contribution in [2.24, 2.45) is 5.92 Å². The topological polar surface area (TPSA) is 63.9 Å². The molecular weight excluding hydrogens is 278 g/mol. The van der Waals surface area contributed by atoms with Gasteiger partial charge in [-0.15, -0.1) is 0 Å². The molecule has 2 aromatic rings. The smallest absolute Gasteiger partial charge is 0.266 e. The van der Waals surface area contributed by atoms with E-state index < -0.39 is 0 Å². The minimum Gasteiger partial charge on any atom is -0.355 e. The van der Waals surface area contributed by atoms with Gasteiger partial charge in [-0.05, 0) is 32.3 Å². The lowest BCUT2D eigenvalue weighted by atomic mass is 9.99. The Hall–Kier alpha value is -2.24. The normalized spacial score (nSPS) is 17.4. The summed E-state index contributed by atoms with van der Waals surface area (Å²) in [6, 6.07) is 3.24. The molecule has 1 saturated heterocycles. The molecule has 0 aromatic carbocycles. The molecule has 0 N–H and O–H groups in total. The summed E-state index contributed by atoms with van der Waals surface area (Å²) in [6.07, 6.45) is 5.01. The van der Waals surface area contributed by atoms with E-state index in [4.69, 9.17) is 0 Å². The van der Waals surface area contributed by atoms with Crippen molar-refractivity contribution in [3.05, 3.63) is 45.8 Å². The molecular formula is C16H19N5O. The minimum atomic E-state index is -0.0280. The predicted octanol–water partition coefficient (Wildman–Crippen LogP) is 0.967. The zero-order valence-corrected chi connectivity index (χ0v) is 12.7. The summed E-state index contributed by atoms with van der Waals surface area (Å²) in [7, 11) is 0. The second-order valence-corrected chi connectivity index (χ2v) is 6.19. The summed E-state index contributed by atoms with van der Waals surface area (Å²) in [6.45, 7) is 4.52. The first-order chi connectivity index (χ1) is 10.7. The molecule has 0 bridgehead atoms. The highest BCUT2D eigenvalue weighted by atomic mass is 16.1. The highest BCUT2D eigenvalue weighted by molar-refractivity contribution is 5.53. The summed E-state index contributed by atoms with van der Waals surface area (Å²) in [5.74, 6) is 2.43. The van der Waals surface area contributed by atoms with E-state index in [1.165, 1.54) is 17.7 Å². The first kappa shape index (κ1) is 13.4. The largest absolute Gasteiger partial charge is 0.355 e. The summed E-state index contributed by atoms with van der Waals surface area (Å²) >= 11 is 0. The van der Waals surface area contributed by atoms with Crippen molar-refractivity contribution in [1.82, 2.24) is 19.7 Å². The molecule has 6 heteroatoms. The lowest BCUT2D eigenvalue weighted by Gasteiger charge is -2.41. The molecule has 0 spiro atoms. The van der Waals surface area contributed by atoms with Crippen molar-refractivity contribution in [2.45, 2.75) is 32.7 Å². The third-order valence-electron chi connectivity index (χ3n) is 4.50. The standard InChI is InChI=1S/C16H19N5O/c1-11-18-14-5-2-4-13(14)16(19-11)20-8-12(9-20)10-21-15(22)6-3-7-17-21/h3,6-7,12H,2,4-5,8-10H2,1H3. The minimum absolute atomic E-state index is 0.0280. The molecule has 0 amide bonds. The fraction of sp³-hybridized carbons (Fsp3) is 0.500. The second-order valence-electron chi connectivity index (χ2n) is 6.19. The second kappa shape index (κ2) is 5.19. The number of rotatable bonds is 3. The van der Waals surface area contributed by atoms with Crippen molar-refractivity contribution in [3.8, 4) is 0 Å². The highest BCUT2D eigenvalue weighted by Gasteiger charge is 2.32. The average Bonchev–Trinajstić information content (AvgIpc) is 2.91. The number of fused-ring (bicyclic) bond motifs is 1. The number of hydrogen-bond donors (Lipinski definition) is 0. The molecule has 1 aliphatic heterocycles. The van der Waals surface area contributed by atoms with E-state index in [-0.39, 0.29) is 5.56 Å². The lowest BCUT2D eigenvalue weighted by molar-refractivity contribution is 0.332. The van der Waals surface area contributed by atoms with Crippen LogP contribution in [0.5, 0.6) is 0 Å². The van der Waals surface area contributed by atoms with Gasteiger partial charge >= 0.3 is 0 Å². The van der Waals surface area contributed by atoms with Crippen LogP contribution in [-0.4, -0.2) is 32.8 Å². The Balaban J connectivity index is 1.48. The molecule has 22 heavy (non-hydrogen) atoms.